The maximum atomic E-state index is 12.8. The third kappa shape index (κ3) is 4.34. The Kier molecular flexibility index (Phi) is 5.89. The van der Waals surface area contributed by atoms with Crippen LogP contribution in [0.5, 0.6) is 0 Å². The highest BCUT2D eigenvalue weighted by molar-refractivity contribution is 5.84. The summed E-state index contributed by atoms with van der Waals surface area (Å²) in [7, 11) is 0. The Hall–Kier alpha value is -2.43. The van der Waals surface area contributed by atoms with Crippen LogP contribution in [0.25, 0.3) is 10.9 Å². The summed E-state index contributed by atoms with van der Waals surface area (Å²) in [5, 5.41) is 4.17. The predicted octanol–water partition coefficient (Wildman–Crippen LogP) is 3.81. The van der Waals surface area contributed by atoms with E-state index in [0.717, 1.165) is 29.3 Å². The molecule has 2 aliphatic rings. The van der Waals surface area contributed by atoms with E-state index in [1.807, 2.05) is 29.2 Å². The molecule has 2 heterocycles. The zero-order valence-electron chi connectivity index (χ0n) is 16.4. The lowest BCUT2D eigenvalue weighted by Crippen LogP contribution is -2.49. The van der Waals surface area contributed by atoms with Crippen molar-refractivity contribution in [2.45, 2.75) is 64.0 Å². The van der Waals surface area contributed by atoms with Gasteiger partial charge in [0.15, 0.2) is 0 Å². The summed E-state index contributed by atoms with van der Waals surface area (Å²) in [4.78, 5) is 31.6. The van der Waals surface area contributed by atoms with Gasteiger partial charge < -0.3 is 10.2 Å². The van der Waals surface area contributed by atoms with E-state index in [9.17, 15) is 9.59 Å². The van der Waals surface area contributed by atoms with Crippen LogP contribution in [-0.4, -0.2) is 34.3 Å². The molecule has 1 aromatic heterocycles. The van der Waals surface area contributed by atoms with Crippen LogP contribution >= 0.6 is 0 Å². The fraction of sp³-hybridized carbons (Fsp3) is 0.522. The molecule has 148 valence electrons. The van der Waals surface area contributed by atoms with Gasteiger partial charge in [-0.3, -0.25) is 14.6 Å². The van der Waals surface area contributed by atoms with Crippen LogP contribution in [-0.2, 0) is 16.1 Å². The number of nitrogens with one attached hydrogen (secondary N) is 1. The maximum Gasteiger partial charge on any atom is 0.225 e. The number of carbonyl (C=O) groups is 2. The minimum atomic E-state index is -0.0944. The number of fused-ring (bicyclic) bond motifs is 1. The van der Waals surface area contributed by atoms with Gasteiger partial charge in [-0.05, 0) is 43.0 Å². The summed E-state index contributed by atoms with van der Waals surface area (Å²) >= 11 is 0. The minimum Gasteiger partial charge on any atom is -0.352 e. The first-order valence-corrected chi connectivity index (χ1v) is 10.6. The van der Waals surface area contributed by atoms with Gasteiger partial charge in [-0.2, -0.15) is 0 Å². The van der Waals surface area contributed by atoms with E-state index in [-0.39, 0.29) is 17.7 Å². The van der Waals surface area contributed by atoms with Crippen molar-refractivity contribution in [3.05, 3.63) is 42.1 Å². The number of rotatable bonds is 4. The molecule has 1 saturated carbocycles. The fourth-order valence-corrected chi connectivity index (χ4v) is 4.58. The number of benzene rings is 1. The first-order valence-electron chi connectivity index (χ1n) is 10.6. The molecule has 0 bridgehead atoms. The molecule has 2 aromatic rings. The van der Waals surface area contributed by atoms with Crippen molar-refractivity contribution in [1.29, 1.82) is 0 Å². The predicted molar refractivity (Wildman–Crippen MR) is 110 cm³/mol. The third-order valence-electron chi connectivity index (χ3n) is 6.21. The molecule has 1 atom stereocenters. The van der Waals surface area contributed by atoms with Crippen molar-refractivity contribution in [3.8, 4) is 0 Å². The molecule has 2 amide bonds. The number of hydrogen-bond donors (Lipinski definition) is 1. The van der Waals surface area contributed by atoms with Crippen molar-refractivity contribution in [2.75, 3.05) is 6.54 Å². The summed E-state index contributed by atoms with van der Waals surface area (Å²) < 4.78 is 0. The molecule has 28 heavy (non-hydrogen) atoms. The van der Waals surface area contributed by atoms with Crippen LogP contribution in [0.2, 0.25) is 0 Å². The highest BCUT2D eigenvalue weighted by atomic mass is 16.2. The smallest absolute Gasteiger partial charge is 0.225 e. The Morgan fingerprint density at radius 3 is 2.75 bits per heavy atom. The quantitative estimate of drug-likeness (QED) is 0.822. The Balaban J connectivity index is 1.36. The van der Waals surface area contributed by atoms with Crippen LogP contribution in [0, 0.1) is 5.92 Å². The highest BCUT2D eigenvalue weighted by Crippen LogP contribution is 2.27. The first kappa shape index (κ1) is 18.9. The van der Waals surface area contributed by atoms with Crippen LogP contribution in [0.3, 0.4) is 0 Å². The molecule has 5 heteroatoms. The summed E-state index contributed by atoms with van der Waals surface area (Å²) in [5.41, 5.74) is 2.03. The normalized spacial score (nSPS) is 21.5. The number of piperidine rings is 1. The molecule has 0 spiro atoms. The average Bonchev–Trinajstić information content (AvgIpc) is 3.01. The van der Waals surface area contributed by atoms with E-state index in [1.165, 1.54) is 25.7 Å². The highest BCUT2D eigenvalue weighted by Gasteiger charge is 2.34. The second-order valence-corrected chi connectivity index (χ2v) is 8.18. The number of amides is 2. The van der Waals surface area contributed by atoms with Gasteiger partial charge in [0.25, 0.3) is 0 Å². The van der Waals surface area contributed by atoms with Crippen molar-refractivity contribution >= 4 is 22.7 Å². The van der Waals surface area contributed by atoms with Crippen LogP contribution in [0.15, 0.2) is 36.5 Å². The molecular formula is C23H29N3O2. The molecule has 2 fully saturated rings. The number of likely N-dealkylation sites (tertiary alicyclic amines) is 1. The van der Waals surface area contributed by atoms with Gasteiger partial charge in [-0.25, -0.2) is 0 Å². The van der Waals surface area contributed by atoms with Crippen LogP contribution < -0.4 is 5.32 Å². The summed E-state index contributed by atoms with van der Waals surface area (Å²) in [6, 6.07) is 10.4. The Bertz CT molecular complexity index is 843. The standard InChI is InChI=1S/C23H29N3O2/c27-22-12-10-19(16-26(22)20-7-3-1-2-4-8-20)23(28)25-15-17-9-11-21-18(14-17)6-5-13-24-21/h5-6,9,11,13-14,19-20H,1-4,7-8,10,12,15-16H2,(H,25,28)/t19-/m1/s1. The monoisotopic (exact) mass is 379 g/mol. The Morgan fingerprint density at radius 1 is 1.11 bits per heavy atom. The van der Waals surface area contributed by atoms with Gasteiger partial charge in [-0.15, -0.1) is 0 Å². The maximum absolute atomic E-state index is 12.8. The molecule has 0 unspecified atom stereocenters. The number of carbonyl (C=O) groups excluding carboxylic acids is 2. The molecule has 1 N–H and O–H groups in total. The molecule has 0 radical (unpaired) electrons. The molecule has 1 aliphatic heterocycles. The largest absolute Gasteiger partial charge is 0.352 e. The minimum absolute atomic E-state index is 0.0670. The van der Waals surface area contributed by atoms with Gasteiger partial charge in [0.05, 0.1) is 11.4 Å². The van der Waals surface area contributed by atoms with Gasteiger partial charge in [0.1, 0.15) is 0 Å². The molecule has 1 aliphatic carbocycles. The summed E-state index contributed by atoms with van der Waals surface area (Å²) in [5.74, 6) is 0.207. The number of pyridine rings is 1. The average molecular weight is 380 g/mol. The number of aromatic nitrogens is 1. The lowest BCUT2D eigenvalue weighted by atomic mass is 9.93. The first-order chi connectivity index (χ1) is 13.7. The fourth-order valence-electron chi connectivity index (χ4n) is 4.58. The van der Waals surface area contributed by atoms with Gasteiger partial charge in [0.2, 0.25) is 11.8 Å². The van der Waals surface area contributed by atoms with Crippen molar-refractivity contribution in [1.82, 2.24) is 15.2 Å². The van der Waals surface area contributed by atoms with E-state index in [0.29, 0.717) is 32.0 Å². The molecule has 5 nitrogen and oxygen atoms in total. The van der Waals surface area contributed by atoms with Crippen molar-refractivity contribution in [2.24, 2.45) is 5.92 Å². The molecule has 1 saturated heterocycles. The zero-order valence-corrected chi connectivity index (χ0v) is 16.4. The van der Waals surface area contributed by atoms with E-state index in [4.69, 9.17) is 0 Å². The Labute approximate surface area is 166 Å². The third-order valence-corrected chi connectivity index (χ3v) is 6.21. The lowest BCUT2D eigenvalue weighted by molar-refractivity contribution is -0.141. The molecule has 4 rings (SSSR count). The van der Waals surface area contributed by atoms with Gasteiger partial charge in [-0.1, -0.05) is 37.8 Å². The van der Waals surface area contributed by atoms with E-state index in [2.05, 4.69) is 16.4 Å². The zero-order chi connectivity index (χ0) is 19.3. The van der Waals surface area contributed by atoms with Crippen LogP contribution in [0.1, 0.15) is 56.9 Å². The lowest BCUT2D eigenvalue weighted by Gasteiger charge is -2.37. The van der Waals surface area contributed by atoms with Gasteiger partial charge in [0, 0.05) is 37.1 Å². The molecular weight excluding hydrogens is 350 g/mol. The van der Waals surface area contributed by atoms with E-state index < -0.39 is 0 Å². The Morgan fingerprint density at radius 2 is 1.93 bits per heavy atom. The molecule has 1 aromatic carbocycles. The SMILES string of the molecule is O=C(NCc1ccc2ncccc2c1)[C@@H]1CCC(=O)N(C2CCCCCC2)C1. The number of hydrogen-bond acceptors (Lipinski definition) is 3. The summed E-state index contributed by atoms with van der Waals surface area (Å²) in [6.45, 7) is 1.09. The van der Waals surface area contributed by atoms with Crippen molar-refractivity contribution < 1.29 is 9.59 Å². The number of nitrogens with zero attached hydrogens (tertiary/aromatic N) is 2. The topological polar surface area (TPSA) is 62.3 Å². The van der Waals surface area contributed by atoms with E-state index >= 15 is 0 Å². The summed E-state index contributed by atoms with van der Waals surface area (Å²) in [6.07, 6.45) is 10.0. The van der Waals surface area contributed by atoms with Crippen LogP contribution in [0.4, 0.5) is 0 Å². The van der Waals surface area contributed by atoms with Crippen molar-refractivity contribution in [3.63, 3.8) is 0 Å². The second-order valence-electron chi connectivity index (χ2n) is 8.18. The second kappa shape index (κ2) is 8.72. The van der Waals surface area contributed by atoms with E-state index in [1.54, 1.807) is 6.20 Å². The van der Waals surface area contributed by atoms with Gasteiger partial charge >= 0.3 is 0 Å².